The normalized spacial score (nSPS) is 16.8. The van der Waals surface area contributed by atoms with Gasteiger partial charge in [-0.05, 0) is 91.0 Å². The number of amides is 3. The molecule has 10 heteroatoms. The van der Waals surface area contributed by atoms with Gasteiger partial charge < -0.3 is 24.6 Å². The van der Waals surface area contributed by atoms with Crippen LogP contribution in [0.15, 0.2) is 48.5 Å². The summed E-state index contributed by atoms with van der Waals surface area (Å²) in [6.45, 7) is 13.0. The first-order chi connectivity index (χ1) is 20.2. The highest BCUT2D eigenvalue weighted by Gasteiger charge is 2.43. The molecule has 0 aromatic heterocycles. The number of hydrogen-bond donors (Lipinski definition) is 2. The van der Waals surface area contributed by atoms with Crippen LogP contribution in [0, 0.1) is 0 Å². The number of nitrogens with one attached hydrogen (secondary N) is 1. The molecule has 2 aromatic rings. The Morgan fingerprint density at radius 2 is 1.72 bits per heavy atom. The van der Waals surface area contributed by atoms with Crippen molar-refractivity contribution >= 4 is 42.2 Å². The van der Waals surface area contributed by atoms with Crippen LogP contribution in [0.4, 0.5) is 10.5 Å². The second kappa shape index (κ2) is 14.8. The number of esters is 1. The summed E-state index contributed by atoms with van der Waals surface area (Å²) in [6.07, 6.45) is 1.35. The Kier molecular flexibility index (Phi) is 11.7. The summed E-state index contributed by atoms with van der Waals surface area (Å²) < 4.78 is 10.5. The summed E-state index contributed by atoms with van der Waals surface area (Å²) in [6, 6.07) is 13.1. The predicted octanol–water partition coefficient (Wildman–Crippen LogP) is 6.07. The molecule has 0 saturated carbocycles. The van der Waals surface area contributed by atoms with Crippen molar-refractivity contribution in [2.45, 2.75) is 103 Å². The number of carbonyl (C=O) groups excluding carboxylic acids is 4. The molecule has 0 aliphatic carbocycles. The summed E-state index contributed by atoms with van der Waals surface area (Å²) in [5.41, 5.74) is 1.94. The number of carbonyl (C=O) groups is 4. The molecule has 3 amide bonds. The molecule has 0 bridgehead atoms. The zero-order chi connectivity index (χ0) is 31.9. The average molecular weight is 612 g/mol. The standard InChI is InChI=1S/C33H45N3O6S/c1-8-41-28(37)19-22(4)36-29(24-14-10-9-11-15-24)31(39)35(21(2)3)26-18-17-23(20-25(26)30(36)38)13-12-16-27(43)34-32(40)42-33(5,6)7/h9-11,14-15,17-18,20-22,27,29,43H,8,12-13,16,19H2,1-7H3,(H,34,40). The van der Waals surface area contributed by atoms with Crippen molar-refractivity contribution in [1.29, 1.82) is 0 Å². The van der Waals surface area contributed by atoms with Crippen molar-refractivity contribution in [2.24, 2.45) is 0 Å². The fourth-order valence-electron chi connectivity index (χ4n) is 5.25. The number of fused-ring (bicyclic) bond motifs is 1. The molecule has 0 fully saturated rings. The molecule has 0 spiro atoms. The number of ether oxygens (including phenoxy) is 2. The Morgan fingerprint density at radius 3 is 2.33 bits per heavy atom. The third-order valence-corrected chi connectivity index (χ3v) is 7.42. The average Bonchev–Trinajstić information content (AvgIpc) is 3.00. The van der Waals surface area contributed by atoms with E-state index in [0.717, 1.165) is 5.56 Å². The van der Waals surface area contributed by atoms with Crippen molar-refractivity contribution in [3.63, 3.8) is 0 Å². The number of aryl methyl sites for hydroxylation is 1. The fourth-order valence-corrected chi connectivity index (χ4v) is 5.53. The third kappa shape index (κ3) is 8.98. The molecule has 0 radical (unpaired) electrons. The highest BCUT2D eigenvalue weighted by atomic mass is 32.1. The van der Waals surface area contributed by atoms with Crippen LogP contribution >= 0.6 is 12.6 Å². The molecule has 1 heterocycles. The molecule has 43 heavy (non-hydrogen) atoms. The second-order valence-electron chi connectivity index (χ2n) is 12.1. The molecule has 234 valence electrons. The van der Waals surface area contributed by atoms with Gasteiger partial charge in [-0.15, -0.1) is 0 Å². The smallest absolute Gasteiger partial charge is 0.408 e. The zero-order valence-corrected chi connectivity index (χ0v) is 27.1. The number of anilines is 1. The maximum atomic E-state index is 14.4. The molecule has 1 N–H and O–H groups in total. The number of hydrogen-bond acceptors (Lipinski definition) is 7. The van der Waals surface area contributed by atoms with Gasteiger partial charge in [-0.2, -0.15) is 12.6 Å². The van der Waals surface area contributed by atoms with Gasteiger partial charge in [0.15, 0.2) is 0 Å². The summed E-state index contributed by atoms with van der Waals surface area (Å²) in [4.78, 5) is 56.5. The predicted molar refractivity (Wildman–Crippen MR) is 170 cm³/mol. The molecule has 2 aromatic carbocycles. The quantitative estimate of drug-likeness (QED) is 0.182. The van der Waals surface area contributed by atoms with Crippen LogP contribution in [0.2, 0.25) is 0 Å². The van der Waals surface area contributed by atoms with Gasteiger partial charge in [-0.1, -0.05) is 36.4 Å². The van der Waals surface area contributed by atoms with Crippen molar-refractivity contribution in [3.8, 4) is 0 Å². The zero-order valence-electron chi connectivity index (χ0n) is 26.3. The lowest BCUT2D eigenvalue weighted by atomic mass is 10.00. The number of alkyl carbamates (subject to hydrolysis) is 1. The summed E-state index contributed by atoms with van der Waals surface area (Å²) in [5.74, 6) is -0.983. The Bertz CT molecular complexity index is 1290. The third-order valence-electron chi connectivity index (χ3n) is 7.04. The van der Waals surface area contributed by atoms with Gasteiger partial charge in [0, 0.05) is 12.1 Å². The van der Waals surface area contributed by atoms with Crippen LogP contribution in [0.25, 0.3) is 0 Å². The van der Waals surface area contributed by atoms with Gasteiger partial charge in [-0.25, -0.2) is 4.79 Å². The van der Waals surface area contributed by atoms with E-state index in [1.165, 1.54) is 4.90 Å². The summed E-state index contributed by atoms with van der Waals surface area (Å²) >= 11 is 4.48. The maximum absolute atomic E-state index is 14.4. The van der Waals surface area contributed by atoms with E-state index in [1.807, 2.05) is 62.4 Å². The van der Waals surface area contributed by atoms with E-state index in [-0.39, 0.29) is 30.9 Å². The lowest BCUT2D eigenvalue weighted by Gasteiger charge is -2.36. The first-order valence-corrected chi connectivity index (χ1v) is 15.4. The van der Waals surface area contributed by atoms with Gasteiger partial charge in [0.1, 0.15) is 11.6 Å². The van der Waals surface area contributed by atoms with Crippen LogP contribution in [0.5, 0.6) is 0 Å². The molecule has 3 unspecified atom stereocenters. The van der Waals surface area contributed by atoms with Crippen molar-refractivity contribution in [3.05, 3.63) is 65.2 Å². The first kappa shape index (κ1) is 34.0. The fraction of sp³-hybridized carbons (Fsp3) is 0.515. The lowest BCUT2D eigenvalue weighted by Crippen LogP contribution is -2.48. The van der Waals surface area contributed by atoms with E-state index in [4.69, 9.17) is 9.47 Å². The van der Waals surface area contributed by atoms with E-state index < -0.39 is 35.1 Å². The van der Waals surface area contributed by atoms with Gasteiger partial charge in [0.2, 0.25) is 0 Å². The number of benzene rings is 2. The van der Waals surface area contributed by atoms with Crippen molar-refractivity contribution < 1.29 is 28.7 Å². The summed E-state index contributed by atoms with van der Waals surface area (Å²) in [7, 11) is 0. The topological polar surface area (TPSA) is 105 Å². The summed E-state index contributed by atoms with van der Waals surface area (Å²) in [5, 5.41) is 2.34. The molecule has 1 aliphatic rings. The first-order valence-electron chi connectivity index (χ1n) is 14.9. The molecule has 3 atom stereocenters. The molecular weight excluding hydrogens is 566 g/mol. The number of nitrogens with zero attached hydrogens (tertiary/aromatic N) is 2. The van der Waals surface area contributed by atoms with E-state index in [9.17, 15) is 19.2 Å². The van der Waals surface area contributed by atoms with E-state index >= 15 is 0 Å². The van der Waals surface area contributed by atoms with E-state index in [0.29, 0.717) is 36.1 Å². The molecule has 9 nitrogen and oxygen atoms in total. The van der Waals surface area contributed by atoms with Crippen LogP contribution in [-0.2, 0) is 25.5 Å². The van der Waals surface area contributed by atoms with Crippen molar-refractivity contribution in [2.75, 3.05) is 11.5 Å². The highest BCUT2D eigenvalue weighted by Crippen LogP contribution is 2.38. The molecule has 1 aliphatic heterocycles. The van der Waals surface area contributed by atoms with Crippen LogP contribution in [0.1, 0.15) is 95.3 Å². The van der Waals surface area contributed by atoms with Gasteiger partial charge in [-0.3, -0.25) is 14.4 Å². The van der Waals surface area contributed by atoms with Crippen LogP contribution in [0.3, 0.4) is 0 Å². The maximum Gasteiger partial charge on any atom is 0.408 e. The lowest BCUT2D eigenvalue weighted by molar-refractivity contribution is -0.144. The van der Waals surface area contributed by atoms with Crippen LogP contribution in [-0.4, -0.2) is 58.4 Å². The minimum atomic E-state index is -0.916. The minimum Gasteiger partial charge on any atom is -0.466 e. The highest BCUT2D eigenvalue weighted by molar-refractivity contribution is 7.80. The second-order valence-corrected chi connectivity index (χ2v) is 12.7. The minimum absolute atomic E-state index is 0.0408. The Hall–Kier alpha value is -3.53. The molecule has 0 saturated heterocycles. The van der Waals surface area contributed by atoms with E-state index in [2.05, 4.69) is 17.9 Å². The van der Waals surface area contributed by atoms with Gasteiger partial charge in [0.25, 0.3) is 11.8 Å². The number of rotatable bonds is 11. The van der Waals surface area contributed by atoms with E-state index in [1.54, 1.807) is 39.5 Å². The Morgan fingerprint density at radius 1 is 1.05 bits per heavy atom. The monoisotopic (exact) mass is 611 g/mol. The largest absolute Gasteiger partial charge is 0.466 e. The van der Waals surface area contributed by atoms with Crippen LogP contribution < -0.4 is 10.2 Å². The van der Waals surface area contributed by atoms with Gasteiger partial charge >= 0.3 is 12.1 Å². The molecule has 3 rings (SSSR count). The number of thiol groups is 1. The molecular formula is C33H45N3O6S. The van der Waals surface area contributed by atoms with Crippen molar-refractivity contribution in [1.82, 2.24) is 10.2 Å². The Labute approximate surface area is 260 Å². The van der Waals surface area contributed by atoms with Gasteiger partial charge in [0.05, 0.1) is 29.7 Å². The SMILES string of the molecule is CCOC(=O)CC(C)N1C(=O)c2cc(CCCC(S)NC(=O)OC(C)(C)C)ccc2N(C(C)C)C(=O)C1c1ccccc1. The Balaban J connectivity index is 1.93.